The molecular formula is C25H34N2O4S. The first-order valence-electron chi connectivity index (χ1n) is 11.3. The van der Waals surface area contributed by atoms with E-state index in [-0.39, 0.29) is 16.8 Å². The van der Waals surface area contributed by atoms with Crippen LogP contribution in [0.5, 0.6) is 5.75 Å². The Labute approximate surface area is 192 Å². The maximum absolute atomic E-state index is 13.0. The molecule has 0 aliphatic heterocycles. The van der Waals surface area contributed by atoms with E-state index in [0.29, 0.717) is 17.4 Å². The summed E-state index contributed by atoms with van der Waals surface area (Å²) in [6.07, 6.45) is 4.42. The molecule has 7 heteroatoms. The number of benzene rings is 2. The number of nitrogens with zero attached hydrogens (tertiary/aromatic N) is 1. The van der Waals surface area contributed by atoms with Crippen LogP contribution in [0.4, 0.5) is 5.69 Å². The third-order valence-corrected chi connectivity index (χ3v) is 8.04. The lowest BCUT2D eigenvalue weighted by atomic mass is 9.96. The van der Waals surface area contributed by atoms with Crippen LogP contribution in [0.25, 0.3) is 0 Å². The molecule has 6 nitrogen and oxygen atoms in total. The van der Waals surface area contributed by atoms with Crippen molar-refractivity contribution in [1.82, 2.24) is 4.31 Å². The Morgan fingerprint density at radius 2 is 1.56 bits per heavy atom. The molecule has 3 rings (SSSR count). The topological polar surface area (TPSA) is 75.7 Å². The number of anilines is 1. The van der Waals surface area contributed by atoms with Gasteiger partial charge in [-0.2, -0.15) is 4.31 Å². The van der Waals surface area contributed by atoms with Crippen molar-refractivity contribution in [2.75, 3.05) is 12.4 Å². The van der Waals surface area contributed by atoms with E-state index < -0.39 is 16.1 Å². The highest BCUT2D eigenvalue weighted by Crippen LogP contribution is 2.27. The van der Waals surface area contributed by atoms with E-state index in [4.69, 9.17) is 4.74 Å². The van der Waals surface area contributed by atoms with Crippen LogP contribution in [0.15, 0.2) is 53.4 Å². The molecule has 1 saturated carbocycles. The van der Waals surface area contributed by atoms with E-state index in [1.54, 1.807) is 38.2 Å². The standard InChI is InChI=1S/C25H34N2O4S/c1-18(2)20-10-14-23(15-11-20)31-19(3)25(28)26-21-12-16-24(17-13-21)32(29,30)27(4)22-8-6-5-7-9-22/h10-19,22H,5-9H2,1-4H3,(H,26,28). The van der Waals surface area contributed by atoms with Crippen molar-refractivity contribution in [3.05, 3.63) is 54.1 Å². The number of carbonyl (C=O) groups excluding carboxylic acids is 1. The fourth-order valence-electron chi connectivity index (χ4n) is 3.95. The van der Waals surface area contributed by atoms with Crippen molar-refractivity contribution >= 4 is 21.6 Å². The van der Waals surface area contributed by atoms with Gasteiger partial charge in [-0.25, -0.2) is 8.42 Å². The van der Waals surface area contributed by atoms with Gasteiger partial charge in [-0.1, -0.05) is 45.2 Å². The predicted molar refractivity (Wildman–Crippen MR) is 128 cm³/mol. The van der Waals surface area contributed by atoms with Crippen molar-refractivity contribution < 1.29 is 17.9 Å². The lowest BCUT2D eigenvalue weighted by molar-refractivity contribution is -0.122. The molecule has 1 aliphatic carbocycles. The second-order valence-corrected chi connectivity index (χ2v) is 10.8. The van der Waals surface area contributed by atoms with Crippen LogP contribution in [0, 0.1) is 0 Å². The van der Waals surface area contributed by atoms with Gasteiger partial charge in [-0.15, -0.1) is 0 Å². The third-order valence-electron chi connectivity index (χ3n) is 6.12. The number of amides is 1. The van der Waals surface area contributed by atoms with Gasteiger partial charge in [0.2, 0.25) is 10.0 Å². The molecule has 1 fully saturated rings. The molecule has 0 bridgehead atoms. The molecule has 1 aliphatic rings. The summed E-state index contributed by atoms with van der Waals surface area (Å²) in [6.45, 7) is 5.93. The van der Waals surface area contributed by atoms with E-state index in [1.165, 1.54) is 16.3 Å². The van der Waals surface area contributed by atoms with E-state index in [1.807, 2.05) is 24.3 Å². The molecule has 0 aromatic heterocycles. The minimum Gasteiger partial charge on any atom is -0.481 e. The summed E-state index contributed by atoms with van der Waals surface area (Å²) in [4.78, 5) is 12.8. The van der Waals surface area contributed by atoms with E-state index in [9.17, 15) is 13.2 Å². The molecule has 0 saturated heterocycles. The minimum atomic E-state index is -3.55. The van der Waals surface area contributed by atoms with Crippen molar-refractivity contribution in [2.24, 2.45) is 0 Å². The number of carbonyl (C=O) groups is 1. The molecular weight excluding hydrogens is 424 g/mol. The van der Waals surface area contributed by atoms with Gasteiger partial charge in [0.15, 0.2) is 6.10 Å². The van der Waals surface area contributed by atoms with Gasteiger partial charge in [-0.05, 0) is 67.6 Å². The lowest BCUT2D eigenvalue weighted by Gasteiger charge is -2.30. The van der Waals surface area contributed by atoms with Crippen molar-refractivity contribution in [2.45, 2.75) is 75.8 Å². The second kappa shape index (κ2) is 10.5. The zero-order chi connectivity index (χ0) is 23.3. The summed E-state index contributed by atoms with van der Waals surface area (Å²) >= 11 is 0. The molecule has 1 N–H and O–H groups in total. The molecule has 0 radical (unpaired) electrons. The Morgan fingerprint density at radius 3 is 2.12 bits per heavy atom. The van der Waals surface area contributed by atoms with Crippen molar-refractivity contribution in [1.29, 1.82) is 0 Å². The fourth-order valence-corrected chi connectivity index (χ4v) is 5.37. The lowest BCUT2D eigenvalue weighted by Crippen LogP contribution is -2.38. The Hall–Kier alpha value is -2.38. The second-order valence-electron chi connectivity index (χ2n) is 8.81. The predicted octanol–water partition coefficient (Wildman–Crippen LogP) is 5.17. The maximum atomic E-state index is 13.0. The van der Waals surface area contributed by atoms with Crippen molar-refractivity contribution in [3.8, 4) is 5.75 Å². The summed E-state index contributed by atoms with van der Waals surface area (Å²) in [5.41, 5.74) is 1.73. The number of nitrogens with one attached hydrogen (secondary N) is 1. The Morgan fingerprint density at radius 1 is 0.969 bits per heavy atom. The highest BCUT2D eigenvalue weighted by Gasteiger charge is 2.29. The Bertz CT molecular complexity index is 995. The normalized spacial score (nSPS) is 16.2. The first kappa shape index (κ1) is 24.3. The highest BCUT2D eigenvalue weighted by atomic mass is 32.2. The van der Waals surface area contributed by atoms with Gasteiger partial charge in [0.1, 0.15) is 5.75 Å². The Kier molecular flexibility index (Phi) is 7.96. The number of hydrogen-bond acceptors (Lipinski definition) is 4. The van der Waals surface area contributed by atoms with Gasteiger partial charge in [0.25, 0.3) is 5.91 Å². The smallest absolute Gasteiger partial charge is 0.265 e. The van der Waals surface area contributed by atoms with Gasteiger partial charge >= 0.3 is 0 Å². The summed E-state index contributed by atoms with van der Waals surface area (Å²) in [5, 5.41) is 2.79. The van der Waals surface area contributed by atoms with Crippen LogP contribution >= 0.6 is 0 Å². The third kappa shape index (κ3) is 5.90. The molecule has 0 heterocycles. The van der Waals surface area contributed by atoms with Crippen LogP contribution in [-0.2, 0) is 14.8 Å². The van der Waals surface area contributed by atoms with E-state index in [0.717, 1.165) is 25.7 Å². The zero-order valence-corrected chi connectivity index (χ0v) is 20.2. The first-order chi connectivity index (χ1) is 15.2. The van der Waals surface area contributed by atoms with Crippen molar-refractivity contribution in [3.63, 3.8) is 0 Å². The number of hydrogen-bond donors (Lipinski definition) is 1. The molecule has 1 atom stereocenters. The largest absolute Gasteiger partial charge is 0.481 e. The van der Waals surface area contributed by atoms with Crippen LogP contribution in [0.2, 0.25) is 0 Å². The average molecular weight is 459 g/mol. The SMILES string of the molecule is CC(Oc1ccc(C(C)C)cc1)C(=O)Nc1ccc(S(=O)(=O)N(C)C2CCCCC2)cc1. The quantitative estimate of drug-likeness (QED) is 0.592. The minimum absolute atomic E-state index is 0.0562. The van der Waals surface area contributed by atoms with Gasteiger partial charge in [0.05, 0.1) is 4.90 Å². The molecule has 1 amide bonds. The van der Waals surface area contributed by atoms with E-state index in [2.05, 4.69) is 19.2 Å². The zero-order valence-electron chi connectivity index (χ0n) is 19.4. The summed E-state index contributed by atoms with van der Waals surface area (Å²) < 4.78 is 33.2. The molecule has 0 spiro atoms. The van der Waals surface area contributed by atoms with E-state index >= 15 is 0 Å². The van der Waals surface area contributed by atoms with Crippen LogP contribution < -0.4 is 10.1 Å². The van der Waals surface area contributed by atoms with Gasteiger partial charge in [-0.3, -0.25) is 4.79 Å². The summed E-state index contributed by atoms with van der Waals surface area (Å²) in [6, 6.07) is 14.1. The van der Waals surface area contributed by atoms with Gasteiger partial charge in [0, 0.05) is 18.8 Å². The van der Waals surface area contributed by atoms with Crippen LogP contribution in [-0.4, -0.2) is 37.8 Å². The summed E-state index contributed by atoms with van der Waals surface area (Å²) in [5.74, 6) is 0.760. The maximum Gasteiger partial charge on any atom is 0.265 e. The number of rotatable bonds is 8. The Balaban J connectivity index is 1.60. The van der Waals surface area contributed by atoms with Crippen LogP contribution in [0.3, 0.4) is 0 Å². The molecule has 2 aromatic rings. The summed E-state index contributed by atoms with van der Waals surface area (Å²) in [7, 11) is -1.89. The first-order valence-corrected chi connectivity index (χ1v) is 12.8. The molecule has 32 heavy (non-hydrogen) atoms. The number of sulfonamides is 1. The highest BCUT2D eigenvalue weighted by molar-refractivity contribution is 7.89. The molecule has 1 unspecified atom stereocenters. The van der Waals surface area contributed by atoms with Crippen LogP contribution in [0.1, 0.15) is 64.4 Å². The molecule has 2 aromatic carbocycles. The fraction of sp³-hybridized carbons (Fsp3) is 0.480. The van der Waals surface area contributed by atoms with Gasteiger partial charge < -0.3 is 10.1 Å². The monoisotopic (exact) mass is 458 g/mol. The average Bonchev–Trinajstić information content (AvgIpc) is 2.79. The molecule has 174 valence electrons. The number of ether oxygens (including phenoxy) is 1.